The number of carbonyl (C=O) groups is 1. The van der Waals surface area contributed by atoms with Gasteiger partial charge in [-0.25, -0.2) is 0 Å². The third kappa shape index (κ3) is 4.37. The van der Waals surface area contributed by atoms with Crippen molar-refractivity contribution in [3.05, 3.63) is 23.8 Å². The Bertz CT molecular complexity index is 495. The van der Waals surface area contributed by atoms with Crippen molar-refractivity contribution in [1.29, 1.82) is 0 Å². The Balaban J connectivity index is 1.91. The van der Waals surface area contributed by atoms with Gasteiger partial charge in [0.2, 0.25) is 0 Å². The quantitative estimate of drug-likeness (QED) is 0.756. The molecule has 0 amide bonds. The van der Waals surface area contributed by atoms with Crippen LogP contribution in [0.25, 0.3) is 0 Å². The van der Waals surface area contributed by atoms with Gasteiger partial charge in [-0.1, -0.05) is 0 Å². The third-order valence-corrected chi connectivity index (χ3v) is 4.27. The second kappa shape index (κ2) is 8.03. The van der Waals surface area contributed by atoms with Crippen LogP contribution in [0.4, 0.5) is 0 Å². The average Bonchev–Trinajstić information content (AvgIpc) is 2.56. The van der Waals surface area contributed by atoms with E-state index in [9.17, 15) is 4.79 Å². The largest absolute Gasteiger partial charge is 0.497 e. The maximum Gasteiger partial charge on any atom is 0.305 e. The Morgan fingerprint density at radius 2 is 1.91 bits per heavy atom. The number of carbonyl (C=O) groups excluding carboxylic acids is 1. The van der Waals surface area contributed by atoms with Crippen LogP contribution >= 0.6 is 0 Å². The number of benzene rings is 1. The predicted octanol–water partition coefficient (Wildman–Crippen LogP) is 2.48. The molecule has 0 radical (unpaired) electrons. The predicted molar refractivity (Wildman–Crippen MR) is 84.2 cm³/mol. The van der Waals surface area contributed by atoms with Gasteiger partial charge in [0.1, 0.15) is 11.5 Å². The van der Waals surface area contributed by atoms with Crippen molar-refractivity contribution in [2.75, 3.05) is 34.4 Å². The first-order valence-corrected chi connectivity index (χ1v) is 7.66. The molecule has 1 aromatic carbocycles. The number of hydrogen-bond donors (Lipinski definition) is 0. The molecule has 0 N–H and O–H groups in total. The summed E-state index contributed by atoms with van der Waals surface area (Å²) in [5.41, 5.74) is 1.13. The van der Waals surface area contributed by atoms with Crippen LogP contribution in [0.15, 0.2) is 18.2 Å². The first-order chi connectivity index (χ1) is 10.7. The number of nitrogens with zero attached hydrogens (tertiary/aromatic N) is 1. The van der Waals surface area contributed by atoms with E-state index in [1.54, 1.807) is 14.2 Å². The maximum absolute atomic E-state index is 11.3. The lowest BCUT2D eigenvalue weighted by molar-refractivity contribution is -0.142. The number of likely N-dealkylation sites (tertiary alicyclic amines) is 1. The first kappa shape index (κ1) is 16.6. The SMILES string of the molecule is COC(=O)CC1CCN(Cc2cc(OC)ccc2OC)CC1. The minimum atomic E-state index is -0.104. The summed E-state index contributed by atoms with van der Waals surface area (Å²) in [6, 6.07) is 5.88. The van der Waals surface area contributed by atoms with Gasteiger partial charge in [0.25, 0.3) is 0 Å². The highest BCUT2D eigenvalue weighted by Crippen LogP contribution is 2.28. The number of rotatable bonds is 6. The number of hydrogen-bond acceptors (Lipinski definition) is 5. The lowest BCUT2D eigenvalue weighted by Crippen LogP contribution is -2.34. The van der Waals surface area contributed by atoms with Crippen molar-refractivity contribution < 1.29 is 19.0 Å². The molecule has 0 spiro atoms. The summed E-state index contributed by atoms with van der Waals surface area (Å²) in [5, 5.41) is 0. The smallest absolute Gasteiger partial charge is 0.305 e. The van der Waals surface area contributed by atoms with Gasteiger partial charge in [0, 0.05) is 18.5 Å². The molecule has 0 aromatic heterocycles. The Morgan fingerprint density at radius 1 is 1.18 bits per heavy atom. The molecule has 0 saturated carbocycles. The van der Waals surface area contributed by atoms with Gasteiger partial charge in [0.15, 0.2) is 0 Å². The maximum atomic E-state index is 11.3. The molecular weight excluding hydrogens is 282 g/mol. The highest BCUT2D eigenvalue weighted by Gasteiger charge is 2.22. The zero-order chi connectivity index (χ0) is 15.9. The molecule has 0 bridgehead atoms. The van der Waals surface area contributed by atoms with Crippen LogP contribution in [0, 0.1) is 5.92 Å². The number of ether oxygens (including phenoxy) is 3. The van der Waals surface area contributed by atoms with Crippen LogP contribution in [0.1, 0.15) is 24.8 Å². The van der Waals surface area contributed by atoms with E-state index in [1.165, 1.54) is 7.11 Å². The van der Waals surface area contributed by atoms with Crippen LogP contribution in [-0.4, -0.2) is 45.3 Å². The van der Waals surface area contributed by atoms with Gasteiger partial charge in [-0.15, -0.1) is 0 Å². The molecule has 1 aliphatic heterocycles. The van der Waals surface area contributed by atoms with E-state index in [1.807, 2.05) is 18.2 Å². The van der Waals surface area contributed by atoms with Gasteiger partial charge in [0.05, 0.1) is 21.3 Å². The second-order valence-electron chi connectivity index (χ2n) is 5.68. The number of piperidine rings is 1. The van der Waals surface area contributed by atoms with Crippen molar-refractivity contribution >= 4 is 5.97 Å². The molecule has 1 aromatic rings. The molecule has 0 aliphatic carbocycles. The summed E-state index contributed by atoms with van der Waals surface area (Å²) in [7, 11) is 4.81. The third-order valence-electron chi connectivity index (χ3n) is 4.27. The van der Waals surface area contributed by atoms with Gasteiger partial charge in [-0.3, -0.25) is 9.69 Å². The highest BCUT2D eigenvalue weighted by molar-refractivity contribution is 5.69. The summed E-state index contributed by atoms with van der Waals surface area (Å²) in [4.78, 5) is 13.7. The van der Waals surface area contributed by atoms with Gasteiger partial charge in [-0.05, 0) is 50.0 Å². The van der Waals surface area contributed by atoms with Gasteiger partial charge in [-0.2, -0.15) is 0 Å². The summed E-state index contributed by atoms with van der Waals surface area (Å²) in [5.74, 6) is 2.07. The normalized spacial score (nSPS) is 16.3. The number of esters is 1. The van der Waals surface area contributed by atoms with E-state index in [4.69, 9.17) is 14.2 Å². The Kier molecular flexibility index (Phi) is 6.07. The molecule has 1 fully saturated rings. The fourth-order valence-electron chi connectivity index (χ4n) is 2.91. The van der Waals surface area contributed by atoms with Crippen LogP contribution in [0.5, 0.6) is 11.5 Å². The van der Waals surface area contributed by atoms with Crippen LogP contribution in [-0.2, 0) is 16.1 Å². The monoisotopic (exact) mass is 307 g/mol. The average molecular weight is 307 g/mol. The van der Waals surface area contributed by atoms with E-state index in [-0.39, 0.29) is 5.97 Å². The second-order valence-corrected chi connectivity index (χ2v) is 5.68. The topological polar surface area (TPSA) is 48.0 Å². The summed E-state index contributed by atoms with van der Waals surface area (Å²) in [6.07, 6.45) is 2.59. The molecule has 2 rings (SSSR count). The zero-order valence-electron chi connectivity index (χ0n) is 13.6. The van der Waals surface area contributed by atoms with Crippen LogP contribution in [0.2, 0.25) is 0 Å². The molecule has 5 heteroatoms. The molecule has 0 unspecified atom stereocenters. The summed E-state index contributed by atoms with van der Waals surface area (Å²) >= 11 is 0. The molecule has 5 nitrogen and oxygen atoms in total. The van der Waals surface area contributed by atoms with E-state index in [0.29, 0.717) is 12.3 Å². The molecule has 122 valence electrons. The summed E-state index contributed by atoms with van der Waals surface area (Å²) in [6.45, 7) is 2.81. The van der Waals surface area contributed by atoms with Crippen molar-refractivity contribution in [1.82, 2.24) is 4.90 Å². The van der Waals surface area contributed by atoms with Crippen LogP contribution < -0.4 is 9.47 Å². The summed E-state index contributed by atoms with van der Waals surface area (Å²) < 4.78 is 15.5. The van der Waals surface area contributed by atoms with E-state index < -0.39 is 0 Å². The Labute approximate surface area is 132 Å². The van der Waals surface area contributed by atoms with Crippen molar-refractivity contribution in [3.63, 3.8) is 0 Å². The molecular formula is C17H25NO4. The Hall–Kier alpha value is -1.75. The minimum absolute atomic E-state index is 0.104. The molecule has 22 heavy (non-hydrogen) atoms. The number of methoxy groups -OCH3 is 3. The van der Waals surface area contributed by atoms with Crippen molar-refractivity contribution in [3.8, 4) is 11.5 Å². The Morgan fingerprint density at radius 3 is 2.50 bits per heavy atom. The zero-order valence-corrected chi connectivity index (χ0v) is 13.6. The van der Waals surface area contributed by atoms with E-state index in [0.717, 1.165) is 49.5 Å². The lowest BCUT2D eigenvalue weighted by atomic mass is 9.93. The van der Waals surface area contributed by atoms with Crippen molar-refractivity contribution in [2.24, 2.45) is 5.92 Å². The van der Waals surface area contributed by atoms with Crippen LogP contribution in [0.3, 0.4) is 0 Å². The van der Waals surface area contributed by atoms with E-state index >= 15 is 0 Å². The molecule has 1 saturated heterocycles. The molecule has 0 atom stereocenters. The fraction of sp³-hybridized carbons (Fsp3) is 0.588. The molecule has 1 heterocycles. The highest BCUT2D eigenvalue weighted by atomic mass is 16.5. The minimum Gasteiger partial charge on any atom is -0.497 e. The standard InChI is InChI=1S/C17H25NO4/c1-20-15-4-5-16(21-2)14(11-15)12-18-8-6-13(7-9-18)10-17(19)22-3/h4-5,11,13H,6-10,12H2,1-3H3. The molecule has 1 aliphatic rings. The first-order valence-electron chi connectivity index (χ1n) is 7.66. The van der Waals surface area contributed by atoms with Crippen molar-refractivity contribution in [2.45, 2.75) is 25.8 Å². The van der Waals surface area contributed by atoms with Gasteiger partial charge >= 0.3 is 5.97 Å². The van der Waals surface area contributed by atoms with Gasteiger partial charge < -0.3 is 14.2 Å². The fourth-order valence-corrected chi connectivity index (χ4v) is 2.91. The van der Waals surface area contributed by atoms with E-state index in [2.05, 4.69) is 4.90 Å². The lowest BCUT2D eigenvalue weighted by Gasteiger charge is -2.31.